The lowest BCUT2D eigenvalue weighted by atomic mass is 10.2. The predicted molar refractivity (Wildman–Crippen MR) is 82.1 cm³/mol. The number of aryl methyl sites for hydroxylation is 1. The van der Waals surface area contributed by atoms with Gasteiger partial charge in [-0.25, -0.2) is 8.42 Å². The van der Waals surface area contributed by atoms with Crippen LogP contribution in [-0.4, -0.2) is 28.4 Å². The molecule has 0 amide bonds. The van der Waals surface area contributed by atoms with Gasteiger partial charge in [0.2, 0.25) is 0 Å². The van der Waals surface area contributed by atoms with E-state index in [1.807, 2.05) is 0 Å². The van der Waals surface area contributed by atoms with Crippen molar-refractivity contribution in [2.45, 2.75) is 32.1 Å². The maximum absolute atomic E-state index is 12.1. The largest absolute Gasteiger partial charge is 0.346 e. The van der Waals surface area contributed by atoms with E-state index in [2.05, 4.69) is 0 Å². The second-order valence-corrected chi connectivity index (χ2v) is 8.77. The summed E-state index contributed by atoms with van der Waals surface area (Å²) in [7, 11) is -3.22. The van der Waals surface area contributed by atoms with Gasteiger partial charge >= 0.3 is 0 Å². The topological polar surface area (TPSA) is 82.2 Å². The number of fused-ring (bicyclic) bond motifs is 1. The van der Waals surface area contributed by atoms with Crippen LogP contribution >= 0.6 is 0 Å². The van der Waals surface area contributed by atoms with Crippen LogP contribution < -0.4 is 0 Å². The number of rotatable bonds is 4. The highest BCUT2D eigenvalue weighted by Crippen LogP contribution is 2.26. The summed E-state index contributed by atoms with van der Waals surface area (Å²) >= 11 is 0. The summed E-state index contributed by atoms with van der Waals surface area (Å²) in [6, 6.07) is 6.46. The van der Waals surface area contributed by atoms with Crippen molar-refractivity contribution in [3.63, 3.8) is 0 Å². The van der Waals surface area contributed by atoms with Crippen molar-refractivity contribution in [3.05, 3.63) is 40.6 Å². The molecule has 0 fully saturated rings. The number of hydrogen-bond acceptors (Lipinski definition) is 4. The second-order valence-electron chi connectivity index (χ2n) is 5.91. The number of aromatic nitrogens is 1. The van der Waals surface area contributed by atoms with Gasteiger partial charge in [-0.3, -0.25) is 10.1 Å². The van der Waals surface area contributed by atoms with Crippen LogP contribution in [0.4, 0.5) is 5.69 Å². The van der Waals surface area contributed by atoms with E-state index in [0.29, 0.717) is 10.9 Å². The van der Waals surface area contributed by atoms with Gasteiger partial charge in [0.25, 0.3) is 5.69 Å². The fourth-order valence-corrected chi connectivity index (χ4v) is 3.14. The van der Waals surface area contributed by atoms with Gasteiger partial charge in [0.1, 0.15) is 0 Å². The molecule has 0 saturated carbocycles. The van der Waals surface area contributed by atoms with E-state index in [4.69, 9.17) is 0 Å². The van der Waals surface area contributed by atoms with Gasteiger partial charge in [0.15, 0.2) is 9.84 Å². The van der Waals surface area contributed by atoms with E-state index in [-0.39, 0.29) is 18.0 Å². The minimum Gasteiger partial charge on any atom is -0.346 e. The SMILES string of the molecule is CC(C)(C)S(=O)(=O)CCn1ccc2c([N+](=O)[O-])cccc21. The number of nitro groups is 1. The van der Waals surface area contributed by atoms with E-state index >= 15 is 0 Å². The van der Waals surface area contributed by atoms with Crippen LogP contribution in [0.25, 0.3) is 10.9 Å². The number of nitro benzene ring substituents is 1. The molecule has 1 heterocycles. The molecule has 114 valence electrons. The first-order valence-corrected chi connectivity index (χ1v) is 8.23. The van der Waals surface area contributed by atoms with E-state index in [0.717, 1.165) is 0 Å². The van der Waals surface area contributed by atoms with Crippen molar-refractivity contribution in [2.24, 2.45) is 0 Å². The zero-order valence-electron chi connectivity index (χ0n) is 12.2. The van der Waals surface area contributed by atoms with Crippen LogP contribution in [0.15, 0.2) is 30.5 Å². The van der Waals surface area contributed by atoms with Crippen molar-refractivity contribution in [1.82, 2.24) is 4.57 Å². The highest BCUT2D eigenvalue weighted by molar-refractivity contribution is 7.92. The fraction of sp³-hybridized carbons (Fsp3) is 0.429. The van der Waals surface area contributed by atoms with E-state index in [1.165, 1.54) is 6.07 Å². The molecule has 0 saturated heterocycles. The predicted octanol–water partition coefficient (Wildman–Crippen LogP) is 2.76. The zero-order valence-corrected chi connectivity index (χ0v) is 13.1. The molecule has 0 unspecified atom stereocenters. The molecule has 6 nitrogen and oxygen atoms in total. The molecule has 1 aromatic heterocycles. The van der Waals surface area contributed by atoms with Crippen LogP contribution in [0.5, 0.6) is 0 Å². The molecule has 1 aromatic carbocycles. The smallest absolute Gasteiger partial charge is 0.278 e. The fourth-order valence-electron chi connectivity index (χ4n) is 2.09. The average molecular weight is 310 g/mol. The van der Waals surface area contributed by atoms with Crippen LogP contribution in [0.3, 0.4) is 0 Å². The lowest BCUT2D eigenvalue weighted by Crippen LogP contribution is -2.31. The van der Waals surface area contributed by atoms with Gasteiger partial charge in [-0.05, 0) is 32.9 Å². The van der Waals surface area contributed by atoms with E-state index in [9.17, 15) is 18.5 Å². The Kier molecular flexibility index (Phi) is 3.79. The minimum atomic E-state index is -3.22. The molecule has 2 rings (SSSR count). The minimum absolute atomic E-state index is 0.00295. The van der Waals surface area contributed by atoms with Crippen molar-refractivity contribution in [1.29, 1.82) is 0 Å². The van der Waals surface area contributed by atoms with Crippen LogP contribution in [0.1, 0.15) is 20.8 Å². The van der Waals surface area contributed by atoms with Crippen molar-refractivity contribution < 1.29 is 13.3 Å². The summed E-state index contributed by atoms with van der Waals surface area (Å²) in [5.74, 6) is 0.00295. The lowest BCUT2D eigenvalue weighted by Gasteiger charge is -2.19. The maximum Gasteiger partial charge on any atom is 0.278 e. The first-order valence-electron chi connectivity index (χ1n) is 6.58. The van der Waals surface area contributed by atoms with Crippen molar-refractivity contribution in [3.8, 4) is 0 Å². The summed E-state index contributed by atoms with van der Waals surface area (Å²) in [4.78, 5) is 10.5. The highest BCUT2D eigenvalue weighted by atomic mass is 32.2. The Morgan fingerprint density at radius 1 is 1.24 bits per heavy atom. The van der Waals surface area contributed by atoms with Gasteiger partial charge < -0.3 is 4.57 Å². The van der Waals surface area contributed by atoms with Crippen molar-refractivity contribution >= 4 is 26.4 Å². The first-order chi connectivity index (χ1) is 9.63. The standard InChI is InChI=1S/C14H18N2O4S/c1-14(2,3)21(19,20)10-9-15-8-7-11-12(15)5-4-6-13(11)16(17)18/h4-8H,9-10H2,1-3H3. The molecule has 0 aliphatic rings. The molecule has 21 heavy (non-hydrogen) atoms. The summed E-state index contributed by atoms with van der Waals surface area (Å²) in [6.45, 7) is 5.28. The Bertz CT molecular complexity index is 785. The molecule has 0 aliphatic carbocycles. The molecule has 0 N–H and O–H groups in total. The van der Waals surface area contributed by atoms with Crippen molar-refractivity contribution in [2.75, 3.05) is 5.75 Å². The molecule has 2 aromatic rings. The maximum atomic E-state index is 12.1. The Hall–Kier alpha value is -1.89. The molecular formula is C14H18N2O4S. The normalized spacial score (nSPS) is 12.7. The summed E-state index contributed by atoms with van der Waals surface area (Å²) in [6.07, 6.45) is 1.69. The molecule has 0 atom stereocenters. The molecule has 0 bridgehead atoms. The van der Waals surface area contributed by atoms with Gasteiger partial charge in [0.05, 0.1) is 26.3 Å². The Balaban J connectivity index is 2.34. The van der Waals surface area contributed by atoms with Gasteiger partial charge in [-0.2, -0.15) is 0 Å². The number of nitrogens with zero attached hydrogens (tertiary/aromatic N) is 2. The number of benzene rings is 1. The van der Waals surface area contributed by atoms with Crippen LogP contribution in [0.2, 0.25) is 0 Å². The molecule has 0 radical (unpaired) electrons. The number of non-ortho nitro benzene ring substituents is 1. The lowest BCUT2D eigenvalue weighted by molar-refractivity contribution is -0.383. The number of hydrogen-bond donors (Lipinski definition) is 0. The number of sulfone groups is 1. The van der Waals surface area contributed by atoms with E-state index < -0.39 is 19.5 Å². The van der Waals surface area contributed by atoms with Gasteiger partial charge in [0, 0.05) is 18.8 Å². The molecular weight excluding hydrogens is 292 g/mol. The quantitative estimate of drug-likeness (QED) is 0.642. The monoisotopic (exact) mass is 310 g/mol. The third-order valence-corrected chi connectivity index (χ3v) is 6.11. The Morgan fingerprint density at radius 3 is 2.48 bits per heavy atom. The average Bonchev–Trinajstić information content (AvgIpc) is 2.77. The zero-order chi connectivity index (χ0) is 15.8. The highest BCUT2D eigenvalue weighted by Gasteiger charge is 2.28. The first kappa shape index (κ1) is 15.5. The second kappa shape index (κ2) is 5.14. The molecule has 0 aliphatic heterocycles. The molecule has 0 spiro atoms. The third-order valence-electron chi connectivity index (χ3n) is 3.52. The third kappa shape index (κ3) is 2.92. The summed E-state index contributed by atoms with van der Waals surface area (Å²) in [5, 5.41) is 11.5. The molecule has 7 heteroatoms. The summed E-state index contributed by atoms with van der Waals surface area (Å²) in [5.41, 5.74) is 0.707. The van der Waals surface area contributed by atoms with Gasteiger partial charge in [-0.15, -0.1) is 0 Å². The summed E-state index contributed by atoms with van der Waals surface area (Å²) < 4.78 is 25.2. The Morgan fingerprint density at radius 2 is 1.90 bits per heavy atom. The van der Waals surface area contributed by atoms with Crippen LogP contribution in [0, 0.1) is 10.1 Å². The van der Waals surface area contributed by atoms with E-state index in [1.54, 1.807) is 49.7 Å². The van der Waals surface area contributed by atoms with Crippen LogP contribution in [-0.2, 0) is 16.4 Å². The van der Waals surface area contributed by atoms with Gasteiger partial charge in [-0.1, -0.05) is 6.07 Å². The Labute approximate surface area is 123 Å².